The molecule has 9 aromatic rings. The molecule has 0 bridgehead atoms. The van der Waals surface area contributed by atoms with Crippen LogP contribution in [0.25, 0.3) is 66.4 Å². The molecule has 9 aromatic carbocycles. The lowest BCUT2D eigenvalue weighted by Crippen LogP contribution is -2.11. The van der Waals surface area contributed by atoms with Crippen LogP contribution >= 0.6 is 0 Å². The van der Waals surface area contributed by atoms with E-state index in [4.69, 9.17) is 0 Å². The molecule has 1 heteroatoms. The molecule has 0 fully saturated rings. The van der Waals surface area contributed by atoms with Crippen molar-refractivity contribution >= 4 is 27.8 Å². The van der Waals surface area contributed by atoms with Crippen LogP contribution < -0.4 is 4.90 Å². The lowest BCUT2D eigenvalue weighted by molar-refractivity contribution is 1.28. The Hall–Kier alpha value is -6.96. The van der Waals surface area contributed by atoms with Crippen molar-refractivity contribution in [3.63, 3.8) is 0 Å². The molecule has 0 amide bonds. The van der Waals surface area contributed by atoms with Crippen LogP contribution in [0.2, 0.25) is 0 Å². The van der Waals surface area contributed by atoms with E-state index in [9.17, 15) is 0 Å². The van der Waals surface area contributed by atoms with Crippen LogP contribution in [0.4, 0.5) is 17.1 Å². The Morgan fingerprint density at radius 3 is 1.30 bits per heavy atom. The summed E-state index contributed by atoms with van der Waals surface area (Å²) < 4.78 is 0. The third-order valence-corrected chi connectivity index (χ3v) is 10.1. The summed E-state index contributed by atoms with van der Waals surface area (Å²) in [6.07, 6.45) is 0. The summed E-state index contributed by atoms with van der Waals surface area (Å²) in [5.41, 5.74) is 15.2. The van der Waals surface area contributed by atoms with Crippen molar-refractivity contribution in [2.24, 2.45) is 0 Å². The van der Waals surface area contributed by atoms with E-state index in [0.717, 1.165) is 17.1 Å². The average molecular weight is 676 g/mol. The number of benzene rings is 9. The van der Waals surface area contributed by atoms with Gasteiger partial charge in [-0.1, -0.05) is 188 Å². The first kappa shape index (κ1) is 32.0. The summed E-state index contributed by atoms with van der Waals surface area (Å²) >= 11 is 0. The fourth-order valence-electron chi connectivity index (χ4n) is 7.40. The minimum Gasteiger partial charge on any atom is -0.310 e. The van der Waals surface area contributed by atoms with Gasteiger partial charge in [-0.05, 0) is 97.2 Å². The Morgan fingerprint density at radius 2 is 0.679 bits per heavy atom. The summed E-state index contributed by atoms with van der Waals surface area (Å²) in [7, 11) is 0. The lowest BCUT2D eigenvalue weighted by atomic mass is 9.94. The number of anilines is 3. The van der Waals surface area contributed by atoms with Crippen molar-refractivity contribution in [3.8, 4) is 55.6 Å². The Labute approximate surface area is 311 Å². The van der Waals surface area contributed by atoms with Crippen molar-refractivity contribution in [1.29, 1.82) is 0 Å². The van der Waals surface area contributed by atoms with Gasteiger partial charge in [0.05, 0.1) is 5.69 Å². The van der Waals surface area contributed by atoms with E-state index in [1.165, 1.54) is 66.4 Å². The van der Waals surface area contributed by atoms with Crippen LogP contribution in [0.3, 0.4) is 0 Å². The van der Waals surface area contributed by atoms with Gasteiger partial charge in [0.25, 0.3) is 0 Å². The molecule has 1 nitrogen and oxygen atoms in total. The summed E-state index contributed by atoms with van der Waals surface area (Å²) in [6, 6.07) is 80.9. The minimum absolute atomic E-state index is 1.09. The molecule has 250 valence electrons. The molecule has 0 heterocycles. The number of rotatable bonds is 8. The molecule has 0 aliphatic heterocycles. The second kappa shape index (κ2) is 14.3. The maximum Gasteiger partial charge on any atom is 0.0546 e. The molecule has 53 heavy (non-hydrogen) atoms. The molecule has 0 aromatic heterocycles. The molecule has 0 saturated heterocycles. The van der Waals surface area contributed by atoms with Crippen molar-refractivity contribution in [2.75, 3.05) is 4.90 Å². The first-order chi connectivity index (χ1) is 26.3. The number of hydrogen-bond acceptors (Lipinski definition) is 1. The standard InChI is InChI=1S/C52H37N/c1-4-14-38(15-5-1)40-26-31-47(32-27-40)53(48-33-28-41(29-34-48)45-23-12-22-44(36-45)39-16-6-2-7-17-39)52-37-46(30-35-51(52)43-18-8-3-9-19-43)50-25-13-21-42-20-10-11-24-49(42)50/h1-37H. The fourth-order valence-corrected chi connectivity index (χ4v) is 7.40. The molecular formula is C52H37N. The van der Waals surface area contributed by atoms with E-state index in [-0.39, 0.29) is 0 Å². The van der Waals surface area contributed by atoms with Crippen LogP contribution in [0.5, 0.6) is 0 Å². The van der Waals surface area contributed by atoms with Gasteiger partial charge in [0.15, 0.2) is 0 Å². The normalized spacial score (nSPS) is 11.0. The van der Waals surface area contributed by atoms with Gasteiger partial charge in [-0.3, -0.25) is 0 Å². The molecule has 9 rings (SSSR count). The van der Waals surface area contributed by atoms with Gasteiger partial charge < -0.3 is 4.90 Å². The van der Waals surface area contributed by atoms with E-state index in [1.54, 1.807) is 0 Å². The fraction of sp³-hybridized carbons (Fsp3) is 0. The Bertz CT molecular complexity index is 2620. The zero-order valence-electron chi connectivity index (χ0n) is 29.3. The first-order valence-electron chi connectivity index (χ1n) is 18.2. The van der Waals surface area contributed by atoms with Gasteiger partial charge in [0, 0.05) is 16.9 Å². The van der Waals surface area contributed by atoms with Crippen molar-refractivity contribution in [2.45, 2.75) is 0 Å². The van der Waals surface area contributed by atoms with E-state index in [2.05, 4.69) is 229 Å². The first-order valence-corrected chi connectivity index (χ1v) is 18.2. The summed E-state index contributed by atoms with van der Waals surface area (Å²) in [5.74, 6) is 0. The molecule has 0 atom stereocenters. The predicted octanol–water partition coefficient (Wildman–Crippen LogP) is 14.6. The highest BCUT2D eigenvalue weighted by Crippen LogP contribution is 2.44. The van der Waals surface area contributed by atoms with Crippen LogP contribution in [0.1, 0.15) is 0 Å². The van der Waals surface area contributed by atoms with Gasteiger partial charge in [-0.25, -0.2) is 0 Å². The Morgan fingerprint density at radius 1 is 0.245 bits per heavy atom. The molecule has 0 spiro atoms. The molecule has 0 N–H and O–H groups in total. The van der Waals surface area contributed by atoms with Gasteiger partial charge >= 0.3 is 0 Å². The largest absolute Gasteiger partial charge is 0.310 e. The van der Waals surface area contributed by atoms with E-state index in [1.807, 2.05) is 0 Å². The maximum atomic E-state index is 2.41. The maximum absolute atomic E-state index is 2.41. The number of nitrogens with zero attached hydrogens (tertiary/aromatic N) is 1. The zero-order valence-corrected chi connectivity index (χ0v) is 29.3. The van der Waals surface area contributed by atoms with Crippen LogP contribution in [-0.4, -0.2) is 0 Å². The molecule has 0 aliphatic rings. The SMILES string of the molecule is c1ccc(-c2ccc(N(c3ccc(-c4cccc(-c5ccccc5)c4)cc3)c3cc(-c4cccc5ccccc45)ccc3-c3ccccc3)cc2)cc1. The van der Waals surface area contributed by atoms with Gasteiger partial charge in [0.2, 0.25) is 0 Å². The van der Waals surface area contributed by atoms with Crippen LogP contribution in [0, 0.1) is 0 Å². The zero-order chi connectivity index (χ0) is 35.4. The average Bonchev–Trinajstić information content (AvgIpc) is 3.25. The second-order valence-electron chi connectivity index (χ2n) is 13.4. The molecule has 0 radical (unpaired) electrons. The van der Waals surface area contributed by atoms with E-state index >= 15 is 0 Å². The number of hydrogen-bond donors (Lipinski definition) is 0. The third kappa shape index (κ3) is 6.53. The summed E-state index contributed by atoms with van der Waals surface area (Å²) in [5, 5.41) is 2.48. The summed E-state index contributed by atoms with van der Waals surface area (Å²) in [4.78, 5) is 2.41. The molecule has 0 saturated carbocycles. The van der Waals surface area contributed by atoms with Crippen LogP contribution in [-0.2, 0) is 0 Å². The second-order valence-corrected chi connectivity index (χ2v) is 13.4. The van der Waals surface area contributed by atoms with Crippen molar-refractivity contribution in [1.82, 2.24) is 0 Å². The Balaban J connectivity index is 1.21. The van der Waals surface area contributed by atoms with E-state index in [0.29, 0.717) is 0 Å². The lowest BCUT2D eigenvalue weighted by Gasteiger charge is -2.29. The smallest absolute Gasteiger partial charge is 0.0546 e. The topological polar surface area (TPSA) is 3.24 Å². The quantitative estimate of drug-likeness (QED) is 0.155. The molecule has 0 unspecified atom stereocenters. The highest BCUT2D eigenvalue weighted by Gasteiger charge is 2.19. The monoisotopic (exact) mass is 675 g/mol. The highest BCUT2D eigenvalue weighted by atomic mass is 15.1. The number of fused-ring (bicyclic) bond motifs is 1. The van der Waals surface area contributed by atoms with Gasteiger partial charge in [-0.15, -0.1) is 0 Å². The minimum atomic E-state index is 1.09. The van der Waals surface area contributed by atoms with Crippen molar-refractivity contribution < 1.29 is 0 Å². The van der Waals surface area contributed by atoms with Crippen molar-refractivity contribution in [3.05, 3.63) is 224 Å². The highest BCUT2D eigenvalue weighted by molar-refractivity contribution is 5.99. The van der Waals surface area contributed by atoms with E-state index < -0.39 is 0 Å². The van der Waals surface area contributed by atoms with Gasteiger partial charge in [0.1, 0.15) is 0 Å². The van der Waals surface area contributed by atoms with Crippen LogP contribution in [0.15, 0.2) is 224 Å². The molecule has 0 aliphatic carbocycles. The molecular weight excluding hydrogens is 639 g/mol. The van der Waals surface area contributed by atoms with Gasteiger partial charge in [-0.2, -0.15) is 0 Å². The predicted molar refractivity (Wildman–Crippen MR) is 226 cm³/mol. The summed E-state index contributed by atoms with van der Waals surface area (Å²) in [6.45, 7) is 0. The third-order valence-electron chi connectivity index (χ3n) is 10.1. The Kier molecular flexibility index (Phi) is 8.66.